The summed E-state index contributed by atoms with van der Waals surface area (Å²) in [7, 11) is 1.49. The molecule has 0 radical (unpaired) electrons. The summed E-state index contributed by atoms with van der Waals surface area (Å²) in [6.07, 6.45) is 2.96. The van der Waals surface area contributed by atoms with Crippen molar-refractivity contribution < 1.29 is 19.1 Å². The maximum absolute atomic E-state index is 12.1. The maximum atomic E-state index is 12.1. The fourth-order valence-electron chi connectivity index (χ4n) is 1.84. The van der Waals surface area contributed by atoms with Crippen LogP contribution in [0.4, 0.5) is 0 Å². The zero-order valence-electron chi connectivity index (χ0n) is 12.8. The fourth-order valence-corrected chi connectivity index (χ4v) is 1.84. The number of nitrogens with zero attached hydrogens (tertiary/aromatic N) is 1. The smallest absolute Gasteiger partial charge is 0.271 e. The molecule has 0 aliphatic heterocycles. The Bertz CT molecular complexity index is 689. The molecule has 2 amide bonds. The van der Waals surface area contributed by atoms with E-state index in [-0.39, 0.29) is 0 Å². The lowest BCUT2D eigenvalue weighted by Gasteiger charge is -2.11. The number of hydrogen-bond acceptors (Lipinski definition) is 5. The van der Waals surface area contributed by atoms with Crippen LogP contribution in [0.15, 0.2) is 42.7 Å². The summed E-state index contributed by atoms with van der Waals surface area (Å²) in [4.78, 5) is 27.7. The average molecular weight is 315 g/mol. The number of amides is 2. The van der Waals surface area contributed by atoms with Gasteiger partial charge in [0.15, 0.2) is 11.5 Å². The Kier molecular flexibility index (Phi) is 5.51. The monoisotopic (exact) mass is 315 g/mol. The van der Waals surface area contributed by atoms with Crippen molar-refractivity contribution in [3.63, 3.8) is 0 Å². The van der Waals surface area contributed by atoms with Crippen LogP contribution in [0.2, 0.25) is 0 Å². The zero-order valence-corrected chi connectivity index (χ0v) is 12.8. The van der Waals surface area contributed by atoms with Gasteiger partial charge in [-0.25, -0.2) is 0 Å². The summed E-state index contributed by atoms with van der Waals surface area (Å²) in [5, 5.41) is 0. The Morgan fingerprint density at radius 2 is 1.83 bits per heavy atom. The Morgan fingerprint density at radius 3 is 2.43 bits per heavy atom. The van der Waals surface area contributed by atoms with Crippen molar-refractivity contribution >= 4 is 11.8 Å². The van der Waals surface area contributed by atoms with Gasteiger partial charge in [-0.1, -0.05) is 0 Å². The minimum Gasteiger partial charge on any atom is -0.493 e. The van der Waals surface area contributed by atoms with E-state index in [1.807, 2.05) is 6.92 Å². The van der Waals surface area contributed by atoms with E-state index in [4.69, 9.17) is 9.47 Å². The van der Waals surface area contributed by atoms with Gasteiger partial charge in [0, 0.05) is 18.0 Å². The highest BCUT2D eigenvalue weighted by Gasteiger charge is 2.12. The summed E-state index contributed by atoms with van der Waals surface area (Å²) >= 11 is 0. The van der Waals surface area contributed by atoms with Gasteiger partial charge in [0.05, 0.1) is 19.3 Å². The molecule has 0 saturated heterocycles. The molecule has 23 heavy (non-hydrogen) atoms. The lowest BCUT2D eigenvalue weighted by atomic mass is 10.2. The molecule has 0 unspecified atom stereocenters. The Balaban J connectivity index is 2.02. The van der Waals surface area contributed by atoms with Crippen molar-refractivity contribution in [2.24, 2.45) is 0 Å². The molecular formula is C16H17N3O4. The van der Waals surface area contributed by atoms with Crippen LogP contribution in [0.5, 0.6) is 11.5 Å². The lowest BCUT2D eigenvalue weighted by molar-refractivity contribution is 0.0846. The van der Waals surface area contributed by atoms with Gasteiger partial charge in [-0.3, -0.25) is 25.4 Å². The molecule has 2 rings (SSSR count). The number of rotatable bonds is 5. The van der Waals surface area contributed by atoms with Gasteiger partial charge in [-0.05, 0) is 37.3 Å². The van der Waals surface area contributed by atoms with Gasteiger partial charge < -0.3 is 9.47 Å². The molecule has 1 aromatic heterocycles. The first-order valence-electron chi connectivity index (χ1n) is 6.97. The van der Waals surface area contributed by atoms with E-state index < -0.39 is 11.8 Å². The zero-order chi connectivity index (χ0) is 16.7. The molecular weight excluding hydrogens is 298 g/mol. The Hall–Kier alpha value is -3.09. The molecule has 0 fully saturated rings. The van der Waals surface area contributed by atoms with Crippen LogP contribution in [0.25, 0.3) is 0 Å². The van der Waals surface area contributed by atoms with Crippen LogP contribution in [-0.2, 0) is 0 Å². The molecule has 0 bridgehead atoms. The van der Waals surface area contributed by atoms with Gasteiger partial charge in [0.2, 0.25) is 0 Å². The van der Waals surface area contributed by atoms with Crippen LogP contribution in [-0.4, -0.2) is 30.5 Å². The number of carbonyl (C=O) groups is 2. The third kappa shape index (κ3) is 4.19. The third-order valence-electron chi connectivity index (χ3n) is 2.94. The molecule has 2 aromatic rings. The van der Waals surface area contributed by atoms with E-state index in [1.165, 1.54) is 19.4 Å². The number of benzene rings is 1. The summed E-state index contributed by atoms with van der Waals surface area (Å²) in [5.74, 6) is 0.0666. The standard InChI is InChI=1S/C16H17N3O4/c1-3-23-13-7-6-11(9-14(13)22-2)15(20)18-19-16(21)12-5-4-8-17-10-12/h4-10H,3H2,1-2H3,(H,18,20)(H,19,21). The quantitative estimate of drug-likeness (QED) is 0.817. The molecule has 2 N–H and O–H groups in total. The van der Waals surface area contributed by atoms with Crippen LogP contribution in [0.1, 0.15) is 27.6 Å². The van der Waals surface area contributed by atoms with E-state index in [2.05, 4.69) is 15.8 Å². The molecule has 0 aliphatic rings. The molecule has 0 atom stereocenters. The number of ether oxygens (including phenoxy) is 2. The highest BCUT2D eigenvalue weighted by molar-refractivity contribution is 5.99. The van der Waals surface area contributed by atoms with Crippen LogP contribution in [0.3, 0.4) is 0 Å². The van der Waals surface area contributed by atoms with Crippen LogP contribution >= 0.6 is 0 Å². The number of hydrogen-bond donors (Lipinski definition) is 2. The Labute approximate surface area is 133 Å². The van der Waals surface area contributed by atoms with Gasteiger partial charge in [-0.2, -0.15) is 0 Å². The molecule has 120 valence electrons. The van der Waals surface area contributed by atoms with Crippen molar-refractivity contribution in [3.8, 4) is 11.5 Å². The lowest BCUT2D eigenvalue weighted by Crippen LogP contribution is -2.41. The first-order valence-corrected chi connectivity index (χ1v) is 6.97. The number of nitrogens with one attached hydrogen (secondary N) is 2. The summed E-state index contributed by atoms with van der Waals surface area (Å²) in [6, 6.07) is 7.98. The SMILES string of the molecule is CCOc1ccc(C(=O)NNC(=O)c2cccnc2)cc1OC. The maximum Gasteiger partial charge on any atom is 0.271 e. The van der Waals surface area contributed by atoms with Gasteiger partial charge in [0.25, 0.3) is 11.8 Å². The van der Waals surface area contributed by atoms with Crippen molar-refractivity contribution in [1.82, 2.24) is 15.8 Å². The van der Waals surface area contributed by atoms with Gasteiger partial charge in [0.1, 0.15) is 0 Å². The van der Waals surface area contributed by atoms with Crippen molar-refractivity contribution in [3.05, 3.63) is 53.9 Å². The summed E-state index contributed by atoms with van der Waals surface area (Å²) < 4.78 is 10.6. The second-order valence-electron chi connectivity index (χ2n) is 4.45. The van der Waals surface area contributed by atoms with Crippen LogP contribution in [0, 0.1) is 0 Å². The largest absolute Gasteiger partial charge is 0.493 e. The van der Waals surface area contributed by atoms with E-state index >= 15 is 0 Å². The highest BCUT2D eigenvalue weighted by atomic mass is 16.5. The fraction of sp³-hybridized carbons (Fsp3) is 0.188. The average Bonchev–Trinajstić information content (AvgIpc) is 2.60. The molecule has 7 nitrogen and oxygen atoms in total. The molecule has 7 heteroatoms. The number of carbonyl (C=O) groups excluding carboxylic acids is 2. The second-order valence-corrected chi connectivity index (χ2v) is 4.45. The van der Waals surface area contributed by atoms with E-state index in [9.17, 15) is 9.59 Å². The minimum absolute atomic E-state index is 0.330. The molecule has 0 aliphatic carbocycles. The first-order chi connectivity index (χ1) is 11.2. The molecule has 0 saturated carbocycles. The third-order valence-corrected chi connectivity index (χ3v) is 2.94. The second kappa shape index (κ2) is 7.79. The first kappa shape index (κ1) is 16.3. The number of methoxy groups -OCH3 is 1. The topological polar surface area (TPSA) is 89.6 Å². The van der Waals surface area contributed by atoms with E-state index in [0.29, 0.717) is 29.2 Å². The molecule has 1 heterocycles. The number of hydrazine groups is 1. The minimum atomic E-state index is -0.469. The normalized spacial score (nSPS) is 9.83. The Morgan fingerprint density at radius 1 is 1.09 bits per heavy atom. The predicted octanol–water partition coefficient (Wildman–Crippen LogP) is 1.56. The highest BCUT2D eigenvalue weighted by Crippen LogP contribution is 2.27. The molecule has 0 spiro atoms. The number of pyridine rings is 1. The van der Waals surface area contributed by atoms with Crippen LogP contribution < -0.4 is 20.3 Å². The summed E-state index contributed by atoms with van der Waals surface area (Å²) in [5.41, 5.74) is 5.34. The van der Waals surface area contributed by atoms with Gasteiger partial charge in [-0.15, -0.1) is 0 Å². The number of aromatic nitrogens is 1. The predicted molar refractivity (Wildman–Crippen MR) is 83.3 cm³/mol. The van der Waals surface area contributed by atoms with Crippen molar-refractivity contribution in [2.75, 3.05) is 13.7 Å². The van der Waals surface area contributed by atoms with Crippen molar-refractivity contribution in [2.45, 2.75) is 6.92 Å². The van der Waals surface area contributed by atoms with E-state index in [1.54, 1.807) is 30.5 Å². The summed E-state index contributed by atoms with van der Waals surface area (Å²) in [6.45, 7) is 2.34. The van der Waals surface area contributed by atoms with Crippen molar-refractivity contribution in [1.29, 1.82) is 0 Å². The molecule has 1 aromatic carbocycles. The van der Waals surface area contributed by atoms with E-state index in [0.717, 1.165) is 0 Å². The van der Waals surface area contributed by atoms with Gasteiger partial charge >= 0.3 is 0 Å².